The third-order valence-corrected chi connectivity index (χ3v) is 6.02. The molecule has 2 aliphatic rings. The number of hydrogen-bond acceptors (Lipinski definition) is 4. The van der Waals surface area contributed by atoms with Crippen LogP contribution in [0.2, 0.25) is 0 Å². The van der Waals surface area contributed by atoms with E-state index in [1.165, 1.54) is 0 Å². The van der Waals surface area contributed by atoms with Gasteiger partial charge in [-0.15, -0.1) is 0 Å². The predicted molar refractivity (Wildman–Crippen MR) is 119 cm³/mol. The largest absolute Gasteiger partial charge is 0.416 e. The quantitative estimate of drug-likeness (QED) is 0.128. The van der Waals surface area contributed by atoms with E-state index in [9.17, 15) is 36.9 Å². The summed E-state index contributed by atoms with van der Waals surface area (Å²) in [6.07, 6.45) is -9.46. The van der Waals surface area contributed by atoms with Crippen molar-refractivity contribution in [2.24, 2.45) is 0 Å². The smallest absolute Gasteiger partial charge is 0.245 e. The summed E-state index contributed by atoms with van der Waals surface area (Å²) in [5.74, 6) is 0. The number of hydrogen-bond donors (Lipinski definition) is 0. The van der Waals surface area contributed by atoms with Gasteiger partial charge in [0.05, 0.1) is 59.2 Å². The molecule has 0 radical (unpaired) electrons. The number of nitriles is 2. The van der Waals surface area contributed by atoms with Crippen molar-refractivity contribution in [1.29, 1.82) is 10.5 Å². The molecule has 0 aliphatic heterocycles. The van der Waals surface area contributed by atoms with Crippen molar-refractivity contribution in [3.63, 3.8) is 0 Å². The molecule has 0 atom stereocenters. The van der Waals surface area contributed by atoms with Crippen molar-refractivity contribution >= 4 is 11.1 Å². The fourth-order valence-electron chi connectivity index (χ4n) is 4.44. The maximum Gasteiger partial charge on any atom is 0.416 e. The molecular formula is C26H6F6N6. The Balaban J connectivity index is 1.89. The zero-order valence-corrected chi connectivity index (χ0v) is 18.4. The van der Waals surface area contributed by atoms with E-state index in [2.05, 4.69) is 19.7 Å². The molecule has 38 heavy (non-hydrogen) atoms. The van der Waals surface area contributed by atoms with Gasteiger partial charge in [0.2, 0.25) is 0 Å². The van der Waals surface area contributed by atoms with Crippen LogP contribution in [0.25, 0.3) is 43.4 Å². The zero-order chi connectivity index (χ0) is 27.6. The van der Waals surface area contributed by atoms with Gasteiger partial charge in [-0.2, -0.15) is 26.3 Å². The third kappa shape index (κ3) is 3.40. The molecule has 0 saturated heterocycles. The average Bonchev–Trinajstić information content (AvgIpc) is 3.35. The summed E-state index contributed by atoms with van der Waals surface area (Å²) in [7, 11) is 0. The maximum absolute atomic E-state index is 13.5. The SMILES string of the molecule is [C-]#[N+]/C(C#N)=C1/c2cc(C(F)(F)F)ccc2-c2nc3c(nc21)-c1ccc(C(F)(F)F)cc1/C3=C(/C#N)[N+]#[C-]. The second kappa shape index (κ2) is 8.03. The Morgan fingerprint density at radius 3 is 1.29 bits per heavy atom. The molecule has 0 N–H and O–H groups in total. The number of alkyl halides is 6. The van der Waals surface area contributed by atoms with Crippen LogP contribution in [0.5, 0.6) is 0 Å². The number of aromatic nitrogens is 2. The molecule has 1 aromatic heterocycles. The van der Waals surface area contributed by atoms with Gasteiger partial charge in [0.15, 0.2) is 0 Å². The lowest BCUT2D eigenvalue weighted by molar-refractivity contribution is -0.138. The molecule has 0 bridgehead atoms. The Morgan fingerprint density at radius 1 is 0.632 bits per heavy atom. The van der Waals surface area contributed by atoms with Gasteiger partial charge < -0.3 is 0 Å². The average molecular weight is 516 g/mol. The lowest BCUT2D eigenvalue weighted by Crippen LogP contribution is -2.05. The van der Waals surface area contributed by atoms with Crippen molar-refractivity contribution in [2.75, 3.05) is 0 Å². The van der Waals surface area contributed by atoms with Gasteiger partial charge >= 0.3 is 12.4 Å². The van der Waals surface area contributed by atoms with Gasteiger partial charge in [-0.3, -0.25) is 0 Å². The minimum Gasteiger partial charge on any atom is -0.245 e. The molecule has 2 aliphatic carbocycles. The van der Waals surface area contributed by atoms with Gasteiger partial charge in [-0.05, 0) is 35.4 Å². The normalized spacial score (nSPS) is 15.6. The Hall–Kier alpha value is -5.46. The topological polar surface area (TPSA) is 82.1 Å². The van der Waals surface area contributed by atoms with E-state index in [0.717, 1.165) is 36.4 Å². The Kier molecular flexibility index (Phi) is 5.12. The number of halogens is 6. The second-order valence-corrected chi connectivity index (χ2v) is 8.03. The molecule has 1 heterocycles. The lowest BCUT2D eigenvalue weighted by Gasteiger charge is -2.10. The summed E-state index contributed by atoms with van der Waals surface area (Å²) >= 11 is 0. The summed E-state index contributed by atoms with van der Waals surface area (Å²) in [6, 6.07) is 8.58. The van der Waals surface area contributed by atoms with Gasteiger partial charge in [-0.25, -0.2) is 30.2 Å². The van der Waals surface area contributed by atoms with Crippen molar-refractivity contribution in [1.82, 2.24) is 9.97 Å². The molecule has 2 aromatic carbocycles. The van der Waals surface area contributed by atoms with E-state index < -0.39 is 34.9 Å². The predicted octanol–water partition coefficient (Wildman–Crippen LogP) is 6.88. The van der Waals surface area contributed by atoms with Crippen molar-refractivity contribution in [3.8, 4) is 34.7 Å². The van der Waals surface area contributed by atoms with Crippen molar-refractivity contribution in [2.45, 2.75) is 12.4 Å². The molecule has 0 unspecified atom stereocenters. The fraction of sp³-hybridized carbons (Fsp3) is 0.0769. The molecule has 0 amide bonds. The number of benzene rings is 2. The van der Waals surface area contributed by atoms with Crippen LogP contribution in [-0.4, -0.2) is 9.97 Å². The minimum absolute atomic E-state index is 0.0394. The number of nitrogens with zero attached hydrogens (tertiary/aromatic N) is 6. The van der Waals surface area contributed by atoms with Crippen LogP contribution in [0, 0.1) is 35.8 Å². The minimum atomic E-state index is -4.73. The first-order chi connectivity index (χ1) is 17.9. The highest BCUT2D eigenvalue weighted by atomic mass is 19.4. The molecule has 182 valence electrons. The first kappa shape index (κ1) is 24.2. The summed E-state index contributed by atoms with van der Waals surface area (Å²) < 4.78 is 80.7. The van der Waals surface area contributed by atoms with E-state index >= 15 is 0 Å². The van der Waals surface area contributed by atoms with Crippen molar-refractivity contribution in [3.05, 3.63) is 104 Å². The van der Waals surface area contributed by atoms with Crippen LogP contribution in [-0.2, 0) is 12.4 Å². The number of allylic oxidation sites excluding steroid dienone is 2. The highest BCUT2D eigenvalue weighted by Gasteiger charge is 2.40. The van der Waals surface area contributed by atoms with Crippen LogP contribution in [0.4, 0.5) is 26.3 Å². The summed E-state index contributed by atoms with van der Waals surface area (Å²) in [4.78, 5) is 15.2. The fourth-order valence-corrected chi connectivity index (χ4v) is 4.44. The molecular weight excluding hydrogens is 510 g/mol. The first-order valence-electron chi connectivity index (χ1n) is 10.3. The zero-order valence-electron chi connectivity index (χ0n) is 18.4. The van der Waals surface area contributed by atoms with Crippen molar-refractivity contribution < 1.29 is 26.3 Å². The molecule has 0 saturated carbocycles. The summed E-state index contributed by atoms with van der Waals surface area (Å²) in [5.41, 5.74) is -3.94. The van der Waals surface area contributed by atoms with Crippen LogP contribution >= 0.6 is 0 Å². The molecule has 0 fully saturated rings. The monoisotopic (exact) mass is 516 g/mol. The Labute approximate surface area is 209 Å². The van der Waals surface area contributed by atoms with E-state index in [0.29, 0.717) is 0 Å². The molecule has 12 heteroatoms. The van der Waals surface area contributed by atoms with Gasteiger partial charge in [0.25, 0.3) is 11.4 Å². The van der Waals surface area contributed by atoms with E-state index in [1.807, 2.05) is 0 Å². The summed E-state index contributed by atoms with van der Waals surface area (Å²) in [6.45, 7) is 14.7. The number of rotatable bonds is 0. The van der Waals surface area contributed by atoms with Crippen LogP contribution in [0.15, 0.2) is 47.8 Å². The standard InChI is InChI=1S/C26H6F6N6/c1-35-17(9-33)19-15-7-11(25(27,28)29)3-5-13(15)21-23(19)37-22-14-6-4-12(26(30,31)32)8-16(14)20(24(22)38-21)18(10-34)36-2/h3-8H/b19-17-,20-18+. The third-order valence-electron chi connectivity index (χ3n) is 6.02. The Morgan fingerprint density at radius 2 is 1.00 bits per heavy atom. The highest BCUT2D eigenvalue weighted by Crippen LogP contribution is 2.51. The maximum atomic E-state index is 13.5. The molecule has 0 spiro atoms. The molecule has 5 rings (SSSR count). The lowest BCUT2D eigenvalue weighted by atomic mass is 10.0. The second-order valence-electron chi connectivity index (χ2n) is 8.03. The van der Waals surface area contributed by atoms with E-state index in [1.54, 1.807) is 12.1 Å². The van der Waals surface area contributed by atoms with Crippen LogP contribution in [0.1, 0.15) is 33.6 Å². The number of fused-ring (bicyclic) bond motifs is 6. The highest BCUT2D eigenvalue weighted by molar-refractivity contribution is 6.06. The van der Waals surface area contributed by atoms with Crippen LogP contribution < -0.4 is 0 Å². The summed E-state index contributed by atoms with van der Waals surface area (Å²) in [5, 5.41) is 19.1. The molecule has 3 aromatic rings. The van der Waals surface area contributed by atoms with Gasteiger partial charge in [-0.1, -0.05) is 12.1 Å². The van der Waals surface area contributed by atoms with Gasteiger partial charge in [0, 0.05) is 22.3 Å². The van der Waals surface area contributed by atoms with E-state index in [-0.39, 0.29) is 56.2 Å². The Bertz CT molecular complexity index is 1670. The first-order valence-corrected chi connectivity index (χ1v) is 10.3. The molecule has 6 nitrogen and oxygen atoms in total. The van der Waals surface area contributed by atoms with Gasteiger partial charge in [0.1, 0.15) is 0 Å². The van der Waals surface area contributed by atoms with E-state index in [4.69, 9.17) is 13.1 Å². The van der Waals surface area contributed by atoms with Crippen LogP contribution in [0.3, 0.4) is 0 Å².